The Morgan fingerprint density at radius 3 is 2.39 bits per heavy atom. The minimum absolute atomic E-state index is 0.112. The SMILES string of the molecule is CCC(C)(C)NCc1cc(Br)cc(OC)c1OC. The minimum Gasteiger partial charge on any atom is -0.493 e. The van der Waals surface area contributed by atoms with Crippen LogP contribution in [0.4, 0.5) is 0 Å². The summed E-state index contributed by atoms with van der Waals surface area (Å²) in [6, 6.07) is 3.97. The van der Waals surface area contributed by atoms with Crippen LogP contribution in [0.15, 0.2) is 16.6 Å². The van der Waals surface area contributed by atoms with E-state index in [0.29, 0.717) is 0 Å². The highest BCUT2D eigenvalue weighted by Crippen LogP contribution is 2.34. The number of ether oxygens (including phenoxy) is 2. The second-order valence-electron chi connectivity index (χ2n) is 4.89. The molecule has 0 spiro atoms. The Balaban J connectivity index is 2.97. The van der Waals surface area contributed by atoms with E-state index in [1.165, 1.54) is 0 Å². The van der Waals surface area contributed by atoms with Gasteiger partial charge in [-0.15, -0.1) is 0 Å². The van der Waals surface area contributed by atoms with E-state index in [1.54, 1.807) is 14.2 Å². The standard InChI is InChI=1S/C14H22BrNO2/c1-6-14(2,3)16-9-10-7-11(15)8-12(17-4)13(10)18-5/h7-8,16H,6,9H2,1-5H3. The third kappa shape index (κ3) is 3.89. The molecule has 18 heavy (non-hydrogen) atoms. The lowest BCUT2D eigenvalue weighted by molar-refractivity contribution is 0.341. The normalized spacial score (nSPS) is 11.4. The number of hydrogen-bond acceptors (Lipinski definition) is 3. The quantitative estimate of drug-likeness (QED) is 0.867. The van der Waals surface area contributed by atoms with Crippen molar-refractivity contribution in [3.05, 3.63) is 22.2 Å². The summed E-state index contributed by atoms with van der Waals surface area (Å²) in [6.07, 6.45) is 1.07. The van der Waals surface area contributed by atoms with Crippen LogP contribution >= 0.6 is 15.9 Å². The highest BCUT2D eigenvalue weighted by Gasteiger charge is 2.17. The molecule has 1 rings (SSSR count). The molecule has 0 amide bonds. The zero-order chi connectivity index (χ0) is 13.8. The molecule has 0 atom stereocenters. The first-order valence-electron chi connectivity index (χ1n) is 6.09. The van der Waals surface area contributed by atoms with Crippen molar-refractivity contribution < 1.29 is 9.47 Å². The maximum atomic E-state index is 5.44. The molecular formula is C14H22BrNO2. The zero-order valence-electron chi connectivity index (χ0n) is 11.8. The Bertz CT molecular complexity index is 405. The molecule has 0 saturated carbocycles. The second kappa shape index (κ2) is 6.43. The van der Waals surface area contributed by atoms with Gasteiger partial charge in [0.05, 0.1) is 14.2 Å². The average Bonchev–Trinajstić information content (AvgIpc) is 2.35. The summed E-state index contributed by atoms with van der Waals surface area (Å²) >= 11 is 3.49. The molecule has 102 valence electrons. The lowest BCUT2D eigenvalue weighted by Crippen LogP contribution is -2.37. The van der Waals surface area contributed by atoms with Crippen LogP contribution in [0.1, 0.15) is 32.8 Å². The third-order valence-electron chi connectivity index (χ3n) is 3.16. The fraction of sp³-hybridized carbons (Fsp3) is 0.571. The summed E-state index contributed by atoms with van der Waals surface area (Å²) in [6.45, 7) is 7.30. The summed E-state index contributed by atoms with van der Waals surface area (Å²) in [5, 5.41) is 3.52. The second-order valence-corrected chi connectivity index (χ2v) is 5.81. The highest BCUT2D eigenvalue weighted by molar-refractivity contribution is 9.10. The van der Waals surface area contributed by atoms with Crippen molar-refractivity contribution in [2.45, 2.75) is 39.3 Å². The summed E-state index contributed by atoms with van der Waals surface area (Å²) in [7, 11) is 3.32. The number of benzene rings is 1. The Hall–Kier alpha value is -0.740. The maximum absolute atomic E-state index is 5.44. The molecule has 0 aliphatic heterocycles. The van der Waals surface area contributed by atoms with Gasteiger partial charge in [-0.3, -0.25) is 0 Å². The van der Waals surface area contributed by atoms with E-state index in [2.05, 4.69) is 48.1 Å². The van der Waals surface area contributed by atoms with Crippen LogP contribution in [0, 0.1) is 0 Å². The summed E-state index contributed by atoms with van der Waals surface area (Å²) in [5.74, 6) is 1.54. The lowest BCUT2D eigenvalue weighted by Gasteiger charge is -2.25. The van der Waals surface area contributed by atoms with E-state index in [1.807, 2.05) is 6.07 Å². The molecule has 4 heteroatoms. The van der Waals surface area contributed by atoms with Gasteiger partial charge < -0.3 is 14.8 Å². The Morgan fingerprint density at radius 1 is 1.22 bits per heavy atom. The molecule has 0 saturated heterocycles. The number of hydrogen-bond donors (Lipinski definition) is 1. The molecule has 0 radical (unpaired) electrons. The number of methoxy groups -OCH3 is 2. The number of nitrogens with one attached hydrogen (secondary N) is 1. The Kier molecular flexibility index (Phi) is 5.47. The van der Waals surface area contributed by atoms with Crippen LogP contribution in [-0.2, 0) is 6.54 Å². The molecule has 0 unspecified atom stereocenters. The molecule has 1 aromatic carbocycles. The molecule has 0 bridgehead atoms. The Labute approximate surface area is 118 Å². The predicted molar refractivity (Wildman–Crippen MR) is 78.5 cm³/mol. The zero-order valence-corrected chi connectivity index (χ0v) is 13.3. The molecule has 0 fully saturated rings. The largest absolute Gasteiger partial charge is 0.493 e. The van der Waals surface area contributed by atoms with Crippen LogP contribution in [0.3, 0.4) is 0 Å². The van der Waals surface area contributed by atoms with E-state index in [-0.39, 0.29) is 5.54 Å². The molecule has 0 aliphatic carbocycles. The molecular weight excluding hydrogens is 294 g/mol. The molecule has 3 nitrogen and oxygen atoms in total. The van der Waals surface area contributed by atoms with Gasteiger partial charge in [0.2, 0.25) is 0 Å². The van der Waals surface area contributed by atoms with Gasteiger partial charge in [-0.25, -0.2) is 0 Å². The molecule has 1 aromatic rings. The van der Waals surface area contributed by atoms with E-state index >= 15 is 0 Å². The van der Waals surface area contributed by atoms with Crippen molar-refractivity contribution >= 4 is 15.9 Å². The van der Waals surface area contributed by atoms with Crippen molar-refractivity contribution in [1.29, 1.82) is 0 Å². The van der Waals surface area contributed by atoms with Crippen molar-refractivity contribution in [3.63, 3.8) is 0 Å². The van der Waals surface area contributed by atoms with Crippen molar-refractivity contribution in [1.82, 2.24) is 5.32 Å². The number of halogens is 1. The van der Waals surface area contributed by atoms with Crippen molar-refractivity contribution in [3.8, 4) is 11.5 Å². The van der Waals surface area contributed by atoms with E-state index in [0.717, 1.165) is 34.5 Å². The fourth-order valence-corrected chi connectivity index (χ4v) is 2.08. The van der Waals surface area contributed by atoms with Crippen LogP contribution in [-0.4, -0.2) is 19.8 Å². The smallest absolute Gasteiger partial charge is 0.165 e. The van der Waals surface area contributed by atoms with Gasteiger partial charge >= 0.3 is 0 Å². The van der Waals surface area contributed by atoms with Crippen molar-refractivity contribution in [2.24, 2.45) is 0 Å². The van der Waals surface area contributed by atoms with Gasteiger partial charge in [0, 0.05) is 22.1 Å². The van der Waals surface area contributed by atoms with E-state index < -0.39 is 0 Å². The summed E-state index contributed by atoms with van der Waals surface area (Å²) in [5.41, 5.74) is 1.20. The van der Waals surface area contributed by atoms with Crippen molar-refractivity contribution in [2.75, 3.05) is 14.2 Å². The van der Waals surface area contributed by atoms with Gasteiger partial charge in [-0.1, -0.05) is 22.9 Å². The van der Waals surface area contributed by atoms with Crippen LogP contribution in [0.25, 0.3) is 0 Å². The maximum Gasteiger partial charge on any atom is 0.165 e. The first-order chi connectivity index (χ1) is 8.43. The topological polar surface area (TPSA) is 30.5 Å². The van der Waals surface area contributed by atoms with Crippen LogP contribution in [0.2, 0.25) is 0 Å². The molecule has 0 heterocycles. The van der Waals surface area contributed by atoms with E-state index in [9.17, 15) is 0 Å². The fourth-order valence-electron chi connectivity index (χ4n) is 1.60. The third-order valence-corrected chi connectivity index (χ3v) is 3.62. The lowest BCUT2D eigenvalue weighted by atomic mass is 10.0. The minimum atomic E-state index is 0.112. The molecule has 0 aromatic heterocycles. The molecule has 0 aliphatic rings. The number of rotatable bonds is 6. The Morgan fingerprint density at radius 2 is 1.89 bits per heavy atom. The van der Waals surface area contributed by atoms with Gasteiger partial charge in [0.1, 0.15) is 0 Å². The highest BCUT2D eigenvalue weighted by atomic mass is 79.9. The van der Waals surface area contributed by atoms with Gasteiger partial charge in [0.25, 0.3) is 0 Å². The van der Waals surface area contributed by atoms with Gasteiger partial charge in [0.15, 0.2) is 11.5 Å². The summed E-state index contributed by atoms with van der Waals surface area (Å²) in [4.78, 5) is 0. The predicted octanol–water partition coefficient (Wildman–Crippen LogP) is 3.74. The molecule has 1 N–H and O–H groups in total. The first kappa shape index (κ1) is 15.3. The first-order valence-corrected chi connectivity index (χ1v) is 6.88. The monoisotopic (exact) mass is 315 g/mol. The van der Waals surface area contributed by atoms with Gasteiger partial charge in [-0.2, -0.15) is 0 Å². The van der Waals surface area contributed by atoms with Gasteiger partial charge in [-0.05, 0) is 32.4 Å². The van der Waals surface area contributed by atoms with E-state index in [4.69, 9.17) is 9.47 Å². The van der Waals surface area contributed by atoms with Crippen LogP contribution < -0.4 is 14.8 Å². The summed E-state index contributed by atoms with van der Waals surface area (Å²) < 4.78 is 11.8. The average molecular weight is 316 g/mol. The van der Waals surface area contributed by atoms with Crippen LogP contribution in [0.5, 0.6) is 11.5 Å².